The first-order valence-corrected chi connectivity index (χ1v) is 4.35. The van der Waals surface area contributed by atoms with Crippen LogP contribution in [0.15, 0.2) is 16.6 Å². The van der Waals surface area contributed by atoms with Crippen LogP contribution >= 0.6 is 15.9 Å². The van der Waals surface area contributed by atoms with E-state index < -0.39 is 0 Å². The maximum atomic E-state index is 11.0. The number of carbonyl (C=O) groups excluding carboxylic acids is 1. The molecule has 0 radical (unpaired) electrons. The predicted octanol–water partition coefficient (Wildman–Crippen LogP) is 2.11. The first-order chi connectivity index (χ1) is 6.06. The number of hydrogen-bond acceptors (Lipinski definition) is 3. The predicted molar refractivity (Wildman–Crippen MR) is 53.3 cm³/mol. The molecule has 0 spiro atoms. The molecule has 1 aromatic carbocycles. The molecule has 0 saturated carbocycles. The zero-order valence-electron chi connectivity index (χ0n) is 6.97. The van der Waals surface area contributed by atoms with Crippen molar-refractivity contribution in [2.75, 3.05) is 5.73 Å². The van der Waals surface area contributed by atoms with Crippen molar-refractivity contribution in [3.8, 4) is 6.07 Å². The molecule has 0 bridgehead atoms. The fourth-order valence-electron chi connectivity index (χ4n) is 0.914. The van der Waals surface area contributed by atoms with Crippen molar-refractivity contribution in [1.82, 2.24) is 0 Å². The number of nitriles is 1. The first kappa shape index (κ1) is 9.75. The summed E-state index contributed by atoms with van der Waals surface area (Å²) in [6.45, 7) is 1.44. The number of nitrogen functional groups attached to an aromatic ring is 1. The summed E-state index contributed by atoms with van der Waals surface area (Å²) >= 11 is 3.18. The molecule has 4 heteroatoms. The van der Waals surface area contributed by atoms with Gasteiger partial charge >= 0.3 is 0 Å². The fourth-order valence-corrected chi connectivity index (χ4v) is 1.37. The van der Waals surface area contributed by atoms with E-state index in [0.29, 0.717) is 21.3 Å². The summed E-state index contributed by atoms with van der Waals surface area (Å²) in [4.78, 5) is 11.0. The number of halogens is 1. The Hall–Kier alpha value is -1.34. The van der Waals surface area contributed by atoms with E-state index in [9.17, 15) is 4.79 Å². The standard InChI is InChI=1S/C9H7BrN2O/c1-5(13)6-2-7(4-11)9(12)8(10)3-6/h2-3H,12H2,1H3. The molecule has 0 amide bonds. The van der Waals surface area contributed by atoms with Crippen molar-refractivity contribution in [2.24, 2.45) is 0 Å². The van der Waals surface area contributed by atoms with Crippen molar-refractivity contribution in [1.29, 1.82) is 5.26 Å². The third kappa shape index (κ3) is 1.87. The molecule has 13 heavy (non-hydrogen) atoms. The summed E-state index contributed by atoms with van der Waals surface area (Å²) in [5.41, 5.74) is 6.75. The number of ketones is 1. The highest BCUT2D eigenvalue weighted by Crippen LogP contribution is 2.25. The molecule has 2 N–H and O–H groups in total. The summed E-state index contributed by atoms with van der Waals surface area (Å²) in [6.07, 6.45) is 0. The van der Waals surface area contributed by atoms with Gasteiger partial charge < -0.3 is 5.73 Å². The average Bonchev–Trinajstić information content (AvgIpc) is 2.09. The van der Waals surface area contributed by atoms with E-state index in [2.05, 4.69) is 15.9 Å². The molecule has 0 saturated heterocycles. The normalized spacial score (nSPS) is 9.31. The maximum absolute atomic E-state index is 11.0. The van der Waals surface area contributed by atoms with Crippen LogP contribution in [0.2, 0.25) is 0 Å². The Balaban J connectivity index is 3.41. The lowest BCUT2D eigenvalue weighted by Crippen LogP contribution is -1.98. The van der Waals surface area contributed by atoms with Gasteiger partial charge in [-0.05, 0) is 35.0 Å². The van der Waals surface area contributed by atoms with E-state index in [0.717, 1.165) is 0 Å². The number of nitrogens with zero attached hydrogens (tertiary/aromatic N) is 1. The molecule has 3 nitrogen and oxygen atoms in total. The zero-order valence-corrected chi connectivity index (χ0v) is 8.55. The first-order valence-electron chi connectivity index (χ1n) is 3.56. The van der Waals surface area contributed by atoms with E-state index >= 15 is 0 Å². The maximum Gasteiger partial charge on any atom is 0.159 e. The topological polar surface area (TPSA) is 66.9 Å². The molecular weight excluding hydrogens is 232 g/mol. The summed E-state index contributed by atoms with van der Waals surface area (Å²) < 4.78 is 0.580. The molecule has 1 rings (SSSR count). The van der Waals surface area contributed by atoms with Crippen LogP contribution in [-0.2, 0) is 0 Å². The highest BCUT2D eigenvalue weighted by atomic mass is 79.9. The van der Waals surface area contributed by atoms with Crippen molar-refractivity contribution in [2.45, 2.75) is 6.92 Å². The number of anilines is 1. The Morgan fingerprint density at radius 1 is 1.62 bits per heavy atom. The van der Waals surface area contributed by atoms with Crippen molar-refractivity contribution in [3.63, 3.8) is 0 Å². The second-order valence-corrected chi connectivity index (χ2v) is 3.44. The van der Waals surface area contributed by atoms with Crippen LogP contribution < -0.4 is 5.73 Å². The molecule has 0 atom stereocenters. The Morgan fingerprint density at radius 2 is 2.23 bits per heavy atom. The molecule has 66 valence electrons. The molecule has 0 heterocycles. The van der Waals surface area contributed by atoms with Crippen LogP contribution in [0.25, 0.3) is 0 Å². The lowest BCUT2D eigenvalue weighted by atomic mass is 10.1. The second-order valence-electron chi connectivity index (χ2n) is 2.59. The fraction of sp³-hybridized carbons (Fsp3) is 0.111. The van der Waals surface area contributed by atoms with E-state index in [-0.39, 0.29) is 5.78 Å². The van der Waals surface area contributed by atoms with Gasteiger partial charge in [-0.15, -0.1) is 0 Å². The molecule has 1 aromatic rings. The van der Waals surface area contributed by atoms with Crippen LogP contribution in [0.3, 0.4) is 0 Å². The zero-order chi connectivity index (χ0) is 10.0. The lowest BCUT2D eigenvalue weighted by molar-refractivity contribution is 0.101. The van der Waals surface area contributed by atoms with E-state index in [1.165, 1.54) is 13.0 Å². The van der Waals surface area contributed by atoms with Gasteiger partial charge in [0.2, 0.25) is 0 Å². The van der Waals surface area contributed by atoms with Gasteiger partial charge in [-0.3, -0.25) is 4.79 Å². The molecule has 0 fully saturated rings. The van der Waals surface area contributed by atoms with Crippen molar-refractivity contribution in [3.05, 3.63) is 27.7 Å². The lowest BCUT2D eigenvalue weighted by Gasteiger charge is -2.02. The highest BCUT2D eigenvalue weighted by Gasteiger charge is 2.08. The Morgan fingerprint density at radius 3 is 2.69 bits per heavy atom. The number of rotatable bonds is 1. The van der Waals surface area contributed by atoms with Gasteiger partial charge in [0.25, 0.3) is 0 Å². The van der Waals surface area contributed by atoms with Crippen LogP contribution in [0, 0.1) is 11.3 Å². The van der Waals surface area contributed by atoms with E-state index in [1.54, 1.807) is 6.07 Å². The van der Waals surface area contributed by atoms with E-state index in [4.69, 9.17) is 11.0 Å². The van der Waals surface area contributed by atoms with Gasteiger partial charge in [-0.2, -0.15) is 5.26 Å². The van der Waals surface area contributed by atoms with Crippen LogP contribution in [0.5, 0.6) is 0 Å². The molecule has 0 aromatic heterocycles. The van der Waals surface area contributed by atoms with Gasteiger partial charge in [0.1, 0.15) is 6.07 Å². The number of carbonyl (C=O) groups is 1. The van der Waals surface area contributed by atoms with Crippen LogP contribution in [0.4, 0.5) is 5.69 Å². The molecule has 0 aliphatic heterocycles. The van der Waals surface area contributed by atoms with Gasteiger partial charge in [0.05, 0.1) is 11.3 Å². The quantitative estimate of drug-likeness (QED) is 0.602. The summed E-state index contributed by atoms with van der Waals surface area (Å²) in [5, 5.41) is 8.69. The molecular formula is C9H7BrN2O. The Kier molecular flexibility index (Phi) is 2.69. The number of nitrogens with two attached hydrogens (primary N) is 1. The minimum Gasteiger partial charge on any atom is -0.397 e. The van der Waals surface area contributed by atoms with E-state index in [1.807, 2.05) is 6.07 Å². The minimum atomic E-state index is -0.0859. The SMILES string of the molecule is CC(=O)c1cc(Br)c(N)c(C#N)c1. The summed E-state index contributed by atoms with van der Waals surface area (Å²) in [6, 6.07) is 5.02. The van der Waals surface area contributed by atoms with Gasteiger partial charge in [0, 0.05) is 10.0 Å². The monoisotopic (exact) mass is 238 g/mol. The van der Waals surface area contributed by atoms with Crippen LogP contribution in [-0.4, -0.2) is 5.78 Å². The number of benzene rings is 1. The molecule has 0 unspecified atom stereocenters. The largest absolute Gasteiger partial charge is 0.397 e. The Labute approximate surface area is 84.3 Å². The molecule has 0 aliphatic rings. The number of hydrogen-bond donors (Lipinski definition) is 1. The van der Waals surface area contributed by atoms with Crippen molar-refractivity contribution >= 4 is 27.4 Å². The molecule has 0 aliphatic carbocycles. The Bertz CT molecular complexity index is 407. The third-order valence-electron chi connectivity index (χ3n) is 1.66. The smallest absolute Gasteiger partial charge is 0.159 e. The van der Waals surface area contributed by atoms with Gasteiger partial charge in [0.15, 0.2) is 5.78 Å². The van der Waals surface area contributed by atoms with Crippen LogP contribution in [0.1, 0.15) is 22.8 Å². The minimum absolute atomic E-state index is 0.0859. The highest BCUT2D eigenvalue weighted by molar-refractivity contribution is 9.10. The van der Waals surface area contributed by atoms with Crippen molar-refractivity contribution < 1.29 is 4.79 Å². The average molecular weight is 239 g/mol. The second kappa shape index (κ2) is 3.58. The number of Topliss-reactive ketones (excluding diaryl/α,β-unsaturated/α-hetero) is 1. The summed E-state index contributed by atoms with van der Waals surface area (Å²) in [5.74, 6) is -0.0859. The summed E-state index contributed by atoms with van der Waals surface area (Å²) in [7, 11) is 0. The third-order valence-corrected chi connectivity index (χ3v) is 2.31. The van der Waals surface area contributed by atoms with Gasteiger partial charge in [-0.25, -0.2) is 0 Å². The van der Waals surface area contributed by atoms with Gasteiger partial charge in [-0.1, -0.05) is 0 Å².